The maximum Gasteiger partial charge on any atom is 0.119 e. The predicted molar refractivity (Wildman–Crippen MR) is 128 cm³/mol. The molecule has 31 heavy (non-hydrogen) atoms. The summed E-state index contributed by atoms with van der Waals surface area (Å²) in [5, 5.41) is 5.49. The summed E-state index contributed by atoms with van der Waals surface area (Å²) >= 11 is 14.0. The number of rotatable bonds is 8. The zero-order valence-corrected chi connectivity index (χ0v) is 19.7. The molecule has 8 heteroatoms. The van der Waals surface area contributed by atoms with E-state index in [1.54, 1.807) is 22.7 Å². The smallest absolute Gasteiger partial charge is 0.119 e. The third kappa shape index (κ3) is 5.76. The van der Waals surface area contributed by atoms with Crippen molar-refractivity contribution in [1.29, 1.82) is 0 Å². The lowest BCUT2D eigenvalue weighted by atomic mass is 9.76. The Morgan fingerprint density at radius 3 is 2.90 bits per heavy atom. The molecule has 1 heterocycles. The molecule has 4 rings (SSSR count). The number of benzene rings is 2. The topological polar surface area (TPSA) is 65.1 Å². The van der Waals surface area contributed by atoms with Crippen molar-refractivity contribution in [3.05, 3.63) is 75.5 Å². The second kappa shape index (κ2) is 10.3. The average Bonchev–Trinajstić information content (AvgIpc) is 3.16. The van der Waals surface area contributed by atoms with Crippen LogP contribution >= 0.6 is 35.1 Å². The number of fused-ring (bicyclic) bond motifs is 1. The minimum Gasteiger partial charge on any atom is -0.492 e. The monoisotopic (exact) mass is 476 g/mol. The number of hydrogen-bond donors (Lipinski definition) is 2. The van der Waals surface area contributed by atoms with Gasteiger partial charge in [0.1, 0.15) is 12.4 Å². The van der Waals surface area contributed by atoms with Crippen LogP contribution in [0.15, 0.2) is 53.7 Å². The van der Waals surface area contributed by atoms with E-state index >= 15 is 0 Å². The molecule has 164 valence electrons. The quantitative estimate of drug-likeness (QED) is 0.353. The van der Waals surface area contributed by atoms with E-state index in [9.17, 15) is 0 Å². The van der Waals surface area contributed by atoms with Crippen LogP contribution in [0.2, 0.25) is 10.0 Å². The maximum absolute atomic E-state index is 6.54. The molecule has 0 aliphatic heterocycles. The molecule has 0 saturated heterocycles. The van der Waals surface area contributed by atoms with Crippen LogP contribution in [0.5, 0.6) is 5.75 Å². The highest BCUT2D eigenvalue weighted by Gasteiger charge is 2.28. The highest BCUT2D eigenvalue weighted by atomic mass is 35.5. The molecular weight excluding hydrogens is 451 g/mol. The van der Waals surface area contributed by atoms with Crippen molar-refractivity contribution in [3.8, 4) is 5.75 Å². The van der Waals surface area contributed by atoms with Crippen LogP contribution in [0.1, 0.15) is 29.0 Å². The number of nitrogens with zero attached hydrogens (tertiary/aromatic N) is 2. The molecule has 3 N–H and O–H groups in total. The molecule has 1 aliphatic rings. The first-order chi connectivity index (χ1) is 15.0. The number of nitrogens with two attached hydrogens (primary N) is 1. The lowest BCUT2D eigenvalue weighted by molar-refractivity contribution is 0.323. The van der Waals surface area contributed by atoms with Gasteiger partial charge in [-0.2, -0.15) is 5.10 Å². The molecule has 0 radical (unpaired) electrons. The summed E-state index contributed by atoms with van der Waals surface area (Å²) in [4.78, 5) is 1.08. The second-order valence-electron chi connectivity index (χ2n) is 7.80. The Bertz CT molecular complexity index is 1040. The van der Waals surface area contributed by atoms with Crippen LogP contribution in [0, 0.1) is 0 Å². The first kappa shape index (κ1) is 22.5. The van der Waals surface area contributed by atoms with Crippen molar-refractivity contribution in [2.75, 3.05) is 13.2 Å². The molecule has 3 aromatic rings. The highest BCUT2D eigenvalue weighted by Crippen LogP contribution is 2.37. The van der Waals surface area contributed by atoms with Gasteiger partial charge in [0.05, 0.1) is 11.1 Å². The summed E-state index contributed by atoms with van der Waals surface area (Å²) in [5.74, 6) is 1.07. The second-order valence-corrected chi connectivity index (χ2v) is 9.61. The number of hydrogen-bond acceptors (Lipinski definition) is 5. The summed E-state index contributed by atoms with van der Waals surface area (Å²) < 4.78 is 11.1. The SMILES string of the molecule is Cn1cc(SNCCOc2ccc3c(c2)C(Cc2ccc(Cl)cc2Cl)C(N)CC3)cn1. The molecule has 0 amide bonds. The van der Waals surface area contributed by atoms with Gasteiger partial charge in [0.25, 0.3) is 0 Å². The van der Waals surface area contributed by atoms with E-state index in [1.807, 2.05) is 31.6 Å². The van der Waals surface area contributed by atoms with Crippen molar-refractivity contribution in [2.24, 2.45) is 12.8 Å². The Hall–Kier alpha value is -1.70. The number of nitrogens with one attached hydrogen (secondary N) is 1. The van der Waals surface area contributed by atoms with Gasteiger partial charge in [-0.25, -0.2) is 0 Å². The molecule has 2 atom stereocenters. The number of ether oxygens (including phenoxy) is 1. The van der Waals surface area contributed by atoms with Gasteiger partial charge in [-0.1, -0.05) is 35.3 Å². The zero-order valence-electron chi connectivity index (χ0n) is 17.4. The van der Waals surface area contributed by atoms with E-state index in [0.717, 1.165) is 42.0 Å². The summed E-state index contributed by atoms with van der Waals surface area (Å²) in [6.45, 7) is 1.30. The molecule has 0 bridgehead atoms. The summed E-state index contributed by atoms with van der Waals surface area (Å²) in [6.07, 6.45) is 6.55. The molecule has 0 spiro atoms. The van der Waals surface area contributed by atoms with Gasteiger partial charge in [-0.3, -0.25) is 9.40 Å². The van der Waals surface area contributed by atoms with Gasteiger partial charge in [0, 0.05) is 41.8 Å². The third-order valence-electron chi connectivity index (χ3n) is 5.58. The molecule has 2 aromatic carbocycles. The van der Waals surface area contributed by atoms with Crippen molar-refractivity contribution in [1.82, 2.24) is 14.5 Å². The minimum atomic E-state index is 0.0899. The number of halogens is 2. The van der Waals surface area contributed by atoms with E-state index in [1.165, 1.54) is 11.1 Å². The molecular formula is C23H26Cl2N4OS. The number of aryl methyl sites for hydroxylation is 2. The molecule has 1 aliphatic carbocycles. The molecule has 0 fully saturated rings. The maximum atomic E-state index is 6.54. The Balaban J connectivity index is 1.39. The van der Waals surface area contributed by atoms with Crippen LogP contribution in [-0.4, -0.2) is 29.0 Å². The lowest BCUT2D eigenvalue weighted by Gasteiger charge is -2.32. The van der Waals surface area contributed by atoms with Crippen LogP contribution in [-0.2, 0) is 19.9 Å². The fraction of sp³-hybridized carbons (Fsp3) is 0.348. The first-order valence-electron chi connectivity index (χ1n) is 10.3. The van der Waals surface area contributed by atoms with Crippen molar-refractivity contribution >= 4 is 35.1 Å². The van der Waals surface area contributed by atoms with Crippen LogP contribution < -0.4 is 15.2 Å². The summed E-state index contributed by atoms with van der Waals surface area (Å²) in [7, 11) is 1.91. The normalized spacial score (nSPS) is 18.1. The van der Waals surface area contributed by atoms with Crippen LogP contribution in [0.4, 0.5) is 0 Å². The van der Waals surface area contributed by atoms with Gasteiger partial charge in [-0.05, 0) is 72.2 Å². The minimum absolute atomic E-state index is 0.0899. The van der Waals surface area contributed by atoms with Crippen molar-refractivity contribution in [3.63, 3.8) is 0 Å². The third-order valence-corrected chi connectivity index (χ3v) is 6.96. The summed E-state index contributed by atoms with van der Waals surface area (Å²) in [5.41, 5.74) is 10.2. The highest BCUT2D eigenvalue weighted by molar-refractivity contribution is 7.97. The Kier molecular flexibility index (Phi) is 7.46. The van der Waals surface area contributed by atoms with E-state index in [-0.39, 0.29) is 12.0 Å². The first-order valence-corrected chi connectivity index (χ1v) is 11.9. The largest absolute Gasteiger partial charge is 0.492 e. The van der Waals surface area contributed by atoms with E-state index in [0.29, 0.717) is 16.7 Å². The summed E-state index contributed by atoms with van der Waals surface area (Å²) in [6, 6.07) is 12.1. The number of aromatic nitrogens is 2. The molecule has 5 nitrogen and oxygen atoms in total. The lowest BCUT2D eigenvalue weighted by Crippen LogP contribution is -2.34. The van der Waals surface area contributed by atoms with Crippen molar-refractivity contribution in [2.45, 2.75) is 36.1 Å². The average molecular weight is 477 g/mol. The Morgan fingerprint density at radius 2 is 2.13 bits per heavy atom. The van der Waals surface area contributed by atoms with Crippen LogP contribution in [0.25, 0.3) is 0 Å². The Labute approximate surface area is 197 Å². The van der Waals surface area contributed by atoms with Crippen LogP contribution in [0.3, 0.4) is 0 Å². The van der Waals surface area contributed by atoms with Crippen molar-refractivity contribution < 1.29 is 4.74 Å². The zero-order chi connectivity index (χ0) is 21.8. The standard InChI is InChI=1S/C23H26Cl2N4OS/c1-29-14-19(13-27-29)31-28-8-9-30-18-6-3-15-4-7-23(26)21(20(15)12-18)10-16-2-5-17(24)11-22(16)25/h2-3,5-6,11-14,21,23,28H,4,7-10,26H2,1H3. The van der Waals surface area contributed by atoms with Gasteiger partial charge in [0.2, 0.25) is 0 Å². The van der Waals surface area contributed by atoms with Gasteiger partial charge in [-0.15, -0.1) is 0 Å². The fourth-order valence-electron chi connectivity index (χ4n) is 3.97. The van der Waals surface area contributed by atoms with Gasteiger partial charge in [0.15, 0.2) is 0 Å². The Morgan fingerprint density at radius 1 is 1.26 bits per heavy atom. The predicted octanol–water partition coefficient (Wildman–Crippen LogP) is 5.00. The molecule has 0 saturated carbocycles. The van der Waals surface area contributed by atoms with E-state index in [4.69, 9.17) is 33.7 Å². The molecule has 2 unspecified atom stereocenters. The van der Waals surface area contributed by atoms with E-state index < -0.39 is 0 Å². The fourth-order valence-corrected chi connectivity index (χ4v) is 5.11. The van der Waals surface area contributed by atoms with Gasteiger partial charge < -0.3 is 10.5 Å². The molecule has 1 aromatic heterocycles. The van der Waals surface area contributed by atoms with Gasteiger partial charge >= 0.3 is 0 Å². The van der Waals surface area contributed by atoms with E-state index in [2.05, 4.69) is 28.0 Å².